The van der Waals surface area contributed by atoms with Crippen LogP contribution < -0.4 is 5.32 Å². The van der Waals surface area contributed by atoms with Gasteiger partial charge in [0.15, 0.2) is 0 Å². The van der Waals surface area contributed by atoms with E-state index in [9.17, 15) is 9.18 Å². The summed E-state index contributed by atoms with van der Waals surface area (Å²) in [5.41, 5.74) is 3.45. The molecule has 1 amide bonds. The molecule has 2 aromatic carbocycles. The molecular weight excluding hydrogens is 317 g/mol. The van der Waals surface area contributed by atoms with E-state index in [0.717, 1.165) is 23.2 Å². The third-order valence-corrected chi connectivity index (χ3v) is 3.90. The quantitative estimate of drug-likeness (QED) is 0.783. The Balaban J connectivity index is 1.87. The normalized spacial score (nSPS) is 11.1. The summed E-state index contributed by atoms with van der Waals surface area (Å²) < 4.78 is 13.3. The van der Waals surface area contributed by atoms with Crippen LogP contribution in [-0.2, 0) is 6.54 Å². The van der Waals surface area contributed by atoms with Gasteiger partial charge in [-0.15, -0.1) is 0 Å². The SMILES string of the molecule is Cc1nc2cc(F)ccc2cc1C(=O)Nc1cccc(CN(C)C)c1. The zero-order valence-corrected chi connectivity index (χ0v) is 14.5. The van der Waals surface area contributed by atoms with Crippen molar-refractivity contribution in [1.29, 1.82) is 0 Å². The van der Waals surface area contributed by atoms with Gasteiger partial charge < -0.3 is 10.2 Å². The molecule has 1 heterocycles. The molecule has 0 saturated heterocycles. The maximum absolute atomic E-state index is 13.3. The molecule has 3 aromatic rings. The van der Waals surface area contributed by atoms with E-state index in [-0.39, 0.29) is 11.7 Å². The number of halogens is 1. The topological polar surface area (TPSA) is 45.2 Å². The number of aryl methyl sites for hydroxylation is 1. The van der Waals surface area contributed by atoms with Crippen LogP contribution in [0.15, 0.2) is 48.5 Å². The fourth-order valence-corrected chi connectivity index (χ4v) is 2.78. The fraction of sp³-hybridized carbons (Fsp3) is 0.200. The third kappa shape index (κ3) is 4.00. The van der Waals surface area contributed by atoms with Crippen LogP contribution in [0.4, 0.5) is 10.1 Å². The highest BCUT2D eigenvalue weighted by atomic mass is 19.1. The minimum Gasteiger partial charge on any atom is -0.322 e. The van der Waals surface area contributed by atoms with E-state index in [0.29, 0.717) is 16.8 Å². The van der Waals surface area contributed by atoms with Crippen LogP contribution in [0.2, 0.25) is 0 Å². The van der Waals surface area contributed by atoms with E-state index in [1.807, 2.05) is 38.4 Å². The molecule has 0 saturated carbocycles. The van der Waals surface area contributed by atoms with Crippen molar-refractivity contribution < 1.29 is 9.18 Å². The van der Waals surface area contributed by atoms with Crippen LogP contribution in [0.3, 0.4) is 0 Å². The number of aromatic nitrogens is 1. The molecule has 0 aliphatic carbocycles. The summed E-state index contributed by atoms with van der Waals surface area (Å²) in [5, 5.41) is 3.65. The van der Waals surface area contributed by atoms with Crippen molar-refractivity contribution >= 4 is 22.5 Å². The first-order chi connectivity index (χ1) is 11.9. The van der Waals surface area contributed by atoms with Gasteiger partial charge in [0, 0.05) is 23.7 Å². The van der Waals surface area contributed by atoms with Gasteiger partial charge in [-0.2, -0.15) is 0 Å². The minimum absolute atomic E-state index is 0.224. The summed E-state index contributed by atoms with van der Waals surface area (Å²) in [7, 11) is 4.00. The molecule has 25 heavy (non-hydrogen) atoms. The average Bonchev–Trinajstić information content (AvgIpc) is 2.53. The van der Waals surface area contributed by atoms with Crippen molar-refractivity contribution in [2.75, 3.05) is 19.4 Å². The number of benzene rings is 2. The van der Waals surface area contributed by atoms with Crippen LogP contribution in [0.25, 0.3) is 10.9 Å². The highest BCUT2D eigenvalue weighted by Crippen LogP contribution is 2.19. The predicted octanol–water partition coefficient (Wildman–Crippen LogP) is 4.00. The molecule has 0 spiro atoms. The number of amides is 1. The number of nitrogens with zero attached hydrogens (tertiary/aromatic N) is 2. The standard InChI is InChI=1S/C20H20FN3O/c1-13-18(10-15-7-8-16(21)11-19(15)22-13)20(25)23-17-6-4-5-14(9-17)12-24(2)3/h4-11H,12H2,1-3H3,(H,23,25). The van der Waals surface area contributed by atoms with Crippen molar-refractivity contribution in [3.63, 3.8) is 0 Å². The molecule has 4 nitrogen and oxygen atoms in total. The first-order valence-electron chi connectivity index (χ1n) is 8.04. The fourth-order valence-electron chi connectivity index (χ4n) is 2.78. The number of pyridine rings is 1. The number of fused-ring (bicyclic) bond motifs is 1. The molecule has 0 radical (unpaired) electrons. The summed E-state index contributed by atoms with van der Waals surface area (Å²) in [5.74, 6) is -0.562. The first kappa shape index (κ1) is 17.0. The summed E-state index contributed by atoms with van der Waals surface area (Å²) >= 11 is 0. The second kappa shape index (κ2) is 6.99. The van der Waals surface area contributed by atoms with Gasteiger partial charge in [0.05, 0.1) is 16.8 Å². The zero-order chi connectivity index (χ0) is 18.0. The van der Waals surface area contributed by atoms with Crippen molar-refractivity contribution in [3.05, 3.63) is 71.2 Å². The van der Waals surface area contributed by atoms with E-state index in [1.54, 1.807) is 19.1 Å². The third-order valence-electron chi connectivity index (χ3n) is 3.90. The lowest BCUT2D eigenvalue weighted by molar-refractivity contribution is 0.102. The second-order valence-electron chi connectivity index (χ2n) is 6.35. The predicted molar refractivity (Wildman–Crippen MR) is 98.2 cm³/mol. The van der Waals surface area contributed by atoms with Crippen molar-refractivity contribution in [1.82, 2.24) is 9.88 Å². The largest absolute Gasteiger partial charge is 0.322 e. The summed E-state index contributed by atoms with van der Waals surface area (Å²) in [6.45, 7) is 2.55. The van der Waals surface area contributed by atoms with Crippen LogP contribution in [-0.4, -0.2) is 29.9 Å². The van der Waals surface area contributed by atoms with E-state index in [1.165, 1.54) is 12.1 Å². The highest BCUT2D eigenvalue weighted by Gasteiger charge is 2.12. The van der Waals surface area contributed by atoms with Gasteiger partial charge in [0.2, 0.25) is 0 Å². The van der Waals surface area contributed by atoms with Crippen molar-refractivity contribution in [2.24, 2.45) is 0 Å². The average molecular weight is 337 g/mol. The Bertz CT molecular complexity index is 937. The van der Waals surface area contributed by atoms with Crippen LogP contribution >= 0.6 is 0 Å². The number of anilines is 1. The van der Waals surface area contributed by atoms with E-state index in [2.05, 4.69) is 15.2 Å². The number of rotatable bonds is 4. The molecule has 1 aromatic heterocycles. The summed E-state index contributed by atoms with van der Waals surface area (Å²) in [6.07, 6.45) is 0. The van der Waals surface area contributed by atoms with Gasteiger partial charge in [0.25, 0.3) is 5.91 Å². The Labute approximate surface area is 146 Å². The Morgan fingerprint density at radius 3 is 2.72 bits per heavy atom. The van der Waals surface area contributed by atoms with E-state index in [4.69, 9.17) is 0 Å². The smallest absolute Gasteiger partial charge is 0.257 e. The summed E-state index contributed by atoms with van der Waals surface area (Å²) in [6, 6.07) is 13.9. The van der Waals surface area contributed by atoms with Gasteiger partial charge in [-0.1, -0.05) is 12.1 Å². The number of nitrogens with one attached hydrogen (secondary N) is 1. The lowest BCUT2D eigenvalue weighted by Crippen LogP contribution is -2.15. The molecule has 128 valence electrons. The Kier molecular flexibility index (Phi) is 4.76. The molecule has 0 aliphatic heterocycles. The molecule has 0 unspecified atom stereocenters. The number of hydrogen-bond donors (Lipinski definition) is 1. The first-order valence-corrected chi connectivity index (χ1v) is 8.04. The Morgan fingerprint density at radius 2 is 1.96 bits per heavy atom. The summed E-state index contributed by atoms with van der Waals surface area (Å²) in [4.78, 5) is 19.1. The highest BCUT2D eigenvalue weighted by molar-refractivity contribution is 6.06. The van der Waals surface area contributed by atoms with Crippen molar-refractivity contribution in [3.8, 4) is 0 Å². The van der Waals surface area contributed by atoms with Crippen LogP contribution in [0.1, 0.15) is 21.6 Å². The van der Waals surface area contributed by atoms with Crippen molar-refractivity contribution in [2.45, 2.75) is 13.5 Å². The van der Waals surface area contributed by atoms with Crippen LogP contribution in [0.5, 0.6) is 0 Å². The Hall–Kier alpha value is -2.79. The number of carbonyl (C=O) groups is 1. The van der Waals surface area contributed by atoms with Gasteiger partial charge in [0.1, 0.15) is 5.82 Å². The molecule has 0 atom stereocenters. The number of hydrogen-bond acceptors (Lipinski definition) is 3. The lowest BCUT2D eigenvalue weighted by atomic mass is 10.1. The zero-order valence-electron chi connectivity index (χ0n) is 14.5. The monoisotopic (exact) mass is 337 g/mol. The maximum atomic E-state index is 13.3. The Morgan fingerprint density at radius 1 is 1.16 bits per heavy atom. The van der Waals surface area contributed by atoms with Gasteiger partial charge in [-0.25, -0.2) is 4.39 Å². The second-order valence-corrected chi connectivity index (χ2v) is 6.35. The van der Waals surface area contributed by atoms with E-state index < -0.39 is 0 Å². The van der Waals surface area contributed by atoms with Gasteiger partial charge in [-0.3, -0.25) is 9.78 Å². The molecule has 0 aliphatic rings. The molecule has 3 rings (SSSR count). The molecule has 1 N–H and O–H groups in total. The molecule has 5 heteroatoms. The number of carbonyl (C=O) groups excluding carboxylic acids is 1. The molecule has 0 fully saturated rings. The maximum Gasteiger partial charge on any atom is 0.257 e. The molecule has 0 bridgehead atoms. The lowest BCUT2D eigenvalue weighted by Gasteiger charge is -2.12. The van der Waals surface area contributed by atoms with Gasteiger partial charge >= 0.3 is 0 Å². The van der Waals surface area contributed by atoms with Crippen LogP contribution in [0, 0.1) is 12.7 Å². The minimum atomic E-state index is -0.339. The van der Waals surface area contributed by atoms with Gasteiger partial charge in [-0.05, 0) is 56.9 Å². The van der Waals surface area contributed by atoms with E-state index >= 15 is 0 Å². The molecular formula is C20H20FN3O.